The minimum absolute atomic E-state index is 0. The second-order valence-electron chi connectivity index (χ2n) is 4.60. The van der Waals surface area contributed by atoms with E-state index in [9.17, 15) is 13.2 Å². The van der Waals surface area contributed by atoms with Crippen molar-refractivity contribution in [2.75, 3.05) is 13.1 Å². The molecule has 0 amide bonds. The number of hydrogen-bond acceptors (Lipinski definition) is 3. The molecule has 2 atom stereocenters. The van der Waals surface area contributed by atoms with Crippen LogP contribution in [-0.4, -0.2) is 24.0 Å². The Bertz CT molecular complexity index is 384. The molecule has 2 unspecified atom stereocenters. The SMILES string of the molecule is CC1CN(Cc2ccc(C(F)(F)F)s2)CC1N.Cl. The van der Waals surface area contributed by atoms with E-state index in [0.29, 0.717) is 12.5 Å². The monoisotopic (exact) mass is 300 g/mol. The minimum Gasteiger partial charge on any atom is -0.326 e. The Morgan fingerprint density at radius 3 is 2.50 bits per heavy atom. The normalized spacial score (nSPS) is 25.2. The molecule has 1 aliphatic rings. The van der Waals surface area contributed by atoms with Crippen molar-refractivity contribution < 1.29 is 13.2 Å². The molecule has 1 fully saturated rings. The predicted octanol–water partition coefficient (Wildman–Crippen LogP) is 2.97. The van der Waals surface area contributed by atoms with Crippen molar-refractivity contribution in [3.05, 3.63) is 21.9 Å². The molecule has 1 aromatic heterocycles. The molecule has 0 bridgehead atoms. The summed E-state index contributed by atoms with van der Waals surface area (Å²) in [5.41, 5.74) is 5.88. The molecule has 2 heterocycles. The third-order valence-electron chi connectivity index (χ3n) is 3.07. The van der Waals surface area contributed by atoms with E-state index in [1.54, 1.807) is 6.07 Å². The van der Waals surface area contributed by atoms with E-state index in [1.807, 2.05) is 0 Å². The van der Waals surface area contributed by atoms with Gasteiger partial charge >= 0.3 is 6.18 Å². The fourth-order valence-corrected chi connectivity index (χ4v) is 2.98. The number of nitrogens with two attached hydrogens (primary N) is 1. The van der Waals surface area contributed by atoms with Crippen LogP contribution < -0.4 is 5.73 Å². The standard InChI is InChI=1S/C11H15F3N2S.ClH/c1-7-4-16(6-9(7)15)5-8-2-3-10(17-8)11(12,13)14;/h2-3,7,9H,4-6,15H2,1H3;1H. The fraction of sp³-hybridized carbons (Fsp3) is 0.636. The van der Waals surface area contributed by atoms with Crippen LogP contribution in [0, 0.1) is 5.92 Å². The molecule has 0 radical (unpaired) electrons. The topological polar surface area (TPSA) is 29.3 Å². The van der Waals surface area contributed by atoms with E-state index >= 15 is 0 Å². The summed E-state index contributed by atoms with van der Waals surface area (Å²) in [4.78, 5) is 2.34. The van der Waals surface area contributed by atoms with E-state index in [2.05, 4.69) is 11.8 Å². The fourth-order valence-electron chi connectivity index (χ4n) is 2.06. The number of rotatable bonds is 2. The zero-order chi connectivity index (χ0) is 12.6. The predicted molar refractivity (Wildman–Crippen MR) is 69.0 cm³/mol. The summed E-state index contributed by atoms with van der Waals surface area (Å²) < 4.78 is 37.2. The van der Waals surface area contributed by atoms with Gasteiger partial charge in [-0.05, 0) is 18.1 Å². The number of halogens is 4. The smallest absolute Gasteiger partial charge is 0.326 e. The molecule has 2 nitrogen and oxygen atoms in total. The molecule has 1 aromatic rings. The van der Waals surface area contributed by atoms with Crippen LogP contribution in [0.3, 0.4) is 0 Å². The Kier molecular flexibility index (Phi) is 5.05. The number of likely N-dealkylation sites (tertiary alicyclic amines) is 1. The van der Waals surface area contributed by atoms with Crippen LogP contribution in [0.5, 0.6) is 0 Å². The molecule has 0 aromatic carbocycles. The zero-order valence-electron chi connectivity index (χ0n) is 9.91. The molecule has 7 heteroatoms. The summed E-state index contributed by atoms with van der Waals surface area (Å²) in [5, 5.41) is 0. The van der Waals surface area contributed by atoms with Crippen LogP contribution >= 0.6 is 23.7 Å². The maximum atomic E-state index is 12.4. The number of thiophene rings is 1. The average Bonchev–Trinajstić information content (AvgIpc) is 2.75. The molecular weight excluding hydrogens is 285 g/mol. The zero-order valence-corrected chi connectivity index (χ0v) is 11.5. The van der Waals surface area contributed by atoms with Gasteiger partial charge in [0.2, 0.25) is 0 Å². The van der Waals surface area contributed by atoms with Gasteiger partial charge in [-0.25, -0.2) is 0 Å². The molecule has 18 heavy (non-hydrogen) atoms. The first-order valence-electron chi connectivity index (χ1n) is 5.50. The van der Waals surface area contributed by atoms with Gasteiger partial charge in [0.25, 0.3) is 0 Å². The highest BCUT2D eigenvalue weighted by atomic mass is 35.5. The van der Waals surface area contributed by atoms with Crippen molar-refractivity contribution >= 4 is 23.7 Å². The van der Waals surface area contributed by atoms with Crippen LogP contribution in [-0.2, 0) is 12.7 Å². The third kappa shape index (κ3) is 3.60. The molecule has 2 rings (SSSR count). The number of nitrogens with zero attached hydrogens (tertiary/aromatic N) is 1. The molecular formula is C11H16ClF3N2S. The number of alkyl halides is 3. The highest BCUT2D eigenvalue weighted by Crippen LogP contribution is 2.35. The van der Waals surface area contributed by atoms with E-state index in [-0.39, 0.29) is 18.4 Å². The van der Waals surface area contributed by atoms with Crippen molar-refractivity contribution in [1.29, 1.82) is 0 Å². The van der Waals surface area contributed by atoms with Gasteiger partial charge in [0, 0.05) is 30.6 Å². The van der Waals surface area contributed by atoms with Crippen molar-refractivity contribution in [3.8, 4) is 0 Å². The van der Waals surface area contributed by atoms with Gasteiger partial charge in [-0.3, -0.25) is 4.90 Å². The Hall–Kier alpha value is -0.300. The van der Waals surface area contributed by atoms with Gasteiger partial charge in [-0.1, -0.05) is 6.92 Å². The largest absolute Gasteiger partial charge is 0.425 e. The Labute approximate surface area is 114 Å². The van der Waals surface area contributed by atoms with Crippen molar-refractivity contribution in [1.82, 2.24) is 4.90 Å². The van der Waals surface area contributed by atoms with Crippen LogP contribution in [0.1, 0.15) is 16.7 Å². The van der Waals surface area contributed by atoms with Crippen molar-refractivity contribution in [2.45, 2.75) is 25.7 Å². The summed E-state index contributed by atoms with van der Waals surface area (Å²) in [6.07, 6.45) is -4.22. The lowest BCUT2D eigenvalue weighted by atomic mass is 10.1. The van der Waals surface area contributed by atoms with Crippen LogP contribution in [0.2, 0.25) is 0 Å². The molecule has 0 saturated carbocycles. The summed E-state index contributed by atoms with van der Waals surface area (Å²) in [7, 11) is 0. The Morgan fingerprint density at radius 2 is 2.06 bits per heavy atom. The average molecular weight is 301 g/mol. The highest BCUT2D eigenvalue weighted by Gasteiger charge is 2.33. The van der Waals surface area contributed by atoms with Gasteiger partial charge in [0.1, 0.15) is 4.88 Å². The second kappa shape index (κ2) is 5.77. The van der Waals surface area contributed by atoms with Crippen LogP contribution in [0.15, 0.2) is 12.1 Å². The first-order valence-corrected chi connectivity index (χ1v) is 6.32. The summed E-state index contributed by atoms with van der Waals surface area (Å²) >= 11 is 0.822. The Morgan fingerprint density at radius 1 is 1.39 bits per heavy atom. The van der Waals surface area contributed by atoms with Gasteiger partial charge < -0.3 is 5.73 Å². The minimum atomic E-state index is -4.22. The lowest BCUT2D eigenvalue weighted by Crippen LogP contribution is -2.28. The van der Waals surface area contributed by atoms with Gasteiger partial charge in [-0.2, -0.15) is 13.2 Å². The van der Waals surface area contributed by atoms with E-state index in [0.717, 1.165) is 35.4 Å². The third-order valence-corrected chi connectivity index (χ3v) is 4.18. The van der Waals surface area contributed by atoms with E-state index < -0.39 is 11.1 Å². The molecule has 104 valence electrons. The van der Waals surface area contributed by atoms with Crippen LogP contribution in [0.25, 0.3) is 0 Å². The first-order chi connectivity index (χ1) is 7.86. The van der Waals surface area contributed by atoms with Crippen LogP contribution in [0.4, 0.5) is 13.2 Å². The molecule has 0 aliphatic carbocycles. The first kappa shape index (κ1) is 15.8. The molecule has 2 N–H and O–H groups in total. The molecule has 1 aliphatic heterocycles. The Balaban J connectivity index is 0.00000162. The lowest BCUT2D eigenvalue weighted by molar-refractivity contribution is -0.134. The van der Waals surface area contributed by atoms with E-state index in [1.165, 1.54) is 0 Å². The quantitative estimate of drug-likeness (QED) is 0.910. The molecule has 0 spiro atoms. The van der Waals surface area contributed by atoms with Gasteiger partial charge in [0.15, 0.2) is 0 Å². The number of hydrogen-bond donors (Lipinski definition) is 1. The van der Waals surface area contributed by atoms with Crippen molar-refractivity contribution in [2.24, 2.45) is 11.7 Å². The lowest BCUT2D eigenvalue weighted by Gasteiger charge is -2.13. The van der Waals surface area contributed by atoms with Crippen molar-refractivity contribution in [3.63, 3.8) is 0 Å². The maximum Gasteiger partial charge on any atom is 0.425 e. The second-order valence-corrected chi connectivity index (χ2v) is 5.77. The summed E-state index contributed by atoms with van der Waals surface area (Å²) in [6, 6.07) is 2.85. The molecule has 1 saturated heterocycles. The summed E-state index contributed by atoms with van der Waals surface area (Å²) in [6.45, 7) is 4.26. The van der Waals surface area contributed by atoms with E-state index in [4.69, 9.17) is 5.73 Å². The maximum absolute atomic E-state index is 12.4. The van der Waals surface area contributed by atoms with Gasteiger partial charge in [-0.15, -0.1) is 23.7 Å². The van der Waals surface area contributed by atoms with Gasteiger partial charge in [0.05, 0.1) is 0 Å². The summed E-state index contributed by atoms with van der Waals surface area (Å²) in [5.74, 6) is 0.414. The highest BCUT2D eigenvalue weighted by molar-refractivity contribution is 7.12.